The molecule has 1 aromatic heterocycles. The smallest absolute Gasteiger partial charge is 0.120 e. The van der Waals surface area contributed by atoms with Gasteiger partial charge >= 0.3 is 0 Å². The molecule has 0 unspecified atom stereocenters. The average molecular weight is 195 g/mol. The first kappa shape index (κ1) is 9.68. The summed E-state index contributed by atoms with van der Waals surface area (Å²) < 4.78 is 0. The van der Waals surface area contributed by atoms with Crippen molar-refractivity contribution in [1.82, 2.24) is 15.3 Å². The highest BCUT2D eigenvalue weighted by molar-refractivity contribution is 4.95. The molecule has 0 saturated heterocycles. The van der Waals surface area contributed by atoms with Gasteiger partial charge in [0.05, 0.1) is 6.54 Å². The summed E-state index contributed by atoms with van der Waals surface area (Å²) in [4.78, 5) is 7.19. The first-order valence-corrected chi connectivity index (χ1v) is 5.14. The minimum atomic E-state index is 0.308. The molecule has 1 fully saturated rings. The number of aliphatic hydroxyl groups excluding tert-OH is 1. The number of nitrogens with zero attached hydrogens (tertiary/aromatic N) is 1. The van der Waals surface area contributed by atoms with Crippen molar-refractivity contribution < 1.29 is 5.11 Å². The Kier molecular flexibility index (Phi) is 2.84. The van der Waals surface area contributed by atoms with E-state index in [0.717, 1.165) is 25.3 Å². The number of aromatic amines is 1. The van der Waals surface area contributed by atoms with Crippen LogP contribution in [0.15, 0.2) is 12.4 Å². The fraction of sp³-hybridized carbons (Fsp3) is 0.700. The summed E-state index contributed by atoms with van der Waals surface area (Å²) in [6, 6.07) is 0. The van der Waals surface area contributed by atoms with Gasteiger partial charge in [-0.25, -0.2) is 4.98 Å². The molecule has 2 rings (SSSR count). The van der Waals surface area contributed by atoms with Crippen molar-refractivity contribution in [2.75, 3.05) is 13.2 Å². The number of hydrogen-bond donors (Lipinski definition) is 3. The molecule has 4 nitrogen and oxygen atoms in total. The van der Waals surface area contributed by atoms with E-state index < -0.39 is 0 Å². The van der Waals surface area contributed by atoms with E-state index in [1.165, 1.54) is 12.8 Å². The molecule has 4 heteroatoms. The van der Waals surface area contributed by atoms with Crippen molar-refractivity contribution in [3.63, 3.8) is 0 Å². The Morgan fingerprint density at radius 2 is 2.43 bits per heavy atom. The van der Waals surface area contributed by atoms with Gasteiger partial charge in [0.2, 0.25) is 0 Å². The maximum atomic E-state index is 8.88. The molecule has 14 heavy (non-hydrogen) atoms. The monoisotopic (exact) mass is 195 g/mol. The summed E-state index contributed by atoms with van der Waals surface area (Å²) in [5.41, 5.74) is 0.390. The van der Waals surface area contributed by atoms with Gasteiger partial charge in [-0.3, -0.25) is 0 Å². The highest BCUT2D eigenvalue weighted by Gasteiger charge is 2.41. The van der Waals surface area contributed by atoms with E-state index in [0.29, 0.717) is 12.0 Å². The first-order valence-electron chi connectivity index (χ1n) is 5.14. The topological polar surface area (TPSA) is 60.9 Å². The number of aliphatic hydroxyl groups is 1. The van der Waals surface area contributed by atoms with Gasteiger partial charge in [-0.1, -0.05) is 0 Å². The molecule has 0 atom stereocenters. The van der Waals surface area contributed by atoms with Crippen molar-refractivity contribution in [2.24, 2.45) is 5.41 Å². The fourth-order valence-corrected chi connectivity index (χ4v) is 1.77. The van der Waals surface area contributed by atoms with E-state index in [1.54, 1.807) is 6.20 Å². The highest BCUT2D eigenvalue weighted by atomic mass is 16.3. The summed E-state index contributed by atoms with van der Waals surface area (Å²) in [5.74, 6) is 0.977. The maximum absolute atomic E-state index is 8.88. The summed E-state index contributed by atoms with van der Waals surface area (Å²) in [6.45, 7) is 2.09. The second kappa shape index (κ2) is 4.11. The molecule has 78 valence electrons. The van der Waals surface area contributed by atoms with Gasteiger partial charge in [-0.15, -0.1) is 0 Å². The van der Waals surface area contributed by atoms with Gasteiger partial charge in [0, 0.05) is 25.5 Å². The van der Waals surface area contributed by atoms with Crippen LogP contribution in [0.1, 0.15) is 25.1 Å². The van der Waals surface area contributed by atoms with Gasteiger partial charge in [0.15, 0.2) is 0 Å². The van der Waals surface area contributed by atoms with Crippen LogP contribution in [-0.2, 0) is 6.54 Å². The van der Waals surface area contributed by atoms with Crippen molar-refractivity contribution in [2.45, 2.75) is 25.8 Å². The molecule has 0 aliphatic heterocycles. The van der Waals surface area contributed by atoms with Gasteiger partial charge in [0.1, 0.15) is 5.82 Å². The van der Waals surface area contributed by atoms with Crippen LogP contribution in [0.2, 0.25) is 0 Å². The lowest BCUT2D eigenvalue weighted by Gasteiger charge is -2.13. The lowest BCUT2D eigenvalue weighted by molar-refractivity contribution is 0.245. The Hall–Kier alpha value is -0.870. The summed E-state index contributed by atoms with van der Waals surface area (Å²) in [6.07, 6.45) is 7.02. The van der Waals surface area contributed by atoms with E-state index in [-0.39, 0.29) is 0 Å². The predicted molar refractivity (Wildman–Crippen MR) is 53.7 cm³/mol. The quantitative estimate of drug-likeness (QED) is 0.625. The average Bonchev–Trinajstić information content (AvgIpc) is 2.75. The number of rotatable bonds is 6. The lowest BCUT2D eigenvalue weighted by atomic mass is 10.0. The summed E-state index contributed by atoms with van der Waals surface area (Å²) in [7, 11) is 0. The van der Waals surface area contributed by atoms with Crippen LogP contribution in [0, 0.1) is 5.41 Å². The largest absolute Gasteiger partial charge is 0.396 e. The van der Waals surface area contributed by atoms with Crippen LogP contribution in [0.25, 0.3) is 0 Å². The molecule has 1 heterocycles. The second-order valence-corrected chi connectivity index (χ2v) is 4.11. The first-order chi connectivity index (χ1) is 6.85. The fourth-order valence-electron chi connectivity index (χ4n) is 1.77. The predicted octanol–water partition coefficient (Wildman–Crippen LogP) is 0.662. The van der Waals surface area contributed by atoms with Crippen LogP contribution in [-0.4, -0.2) is 28.2 Å². The minimum absolute atomic E-state index is 0.308. The zero-order valence-electron chi connectivity index (χ0n) is 8.29. The molecular weight excluding hydrogens is 178 g/mol. The van der Waals surface area contributed by atoms with Crippen LogP contribution in [0.5, 0.6) is 0 Å². The van der Waals surface area contributed by atoms with Crippen LogP contribution < -0.4 is 5.32 Å². The van der Waals surface area contributed by atoms with Crippen LogP contribution in [0.4, 0.5) is 0 Å². The second-order valence-electron chi connectivity index (χ2n) is 4.11. The van der Waals surface area contributed by atoms with Crippen LogP contribution in [0.3, 0.4) is 0 Å². The Labute approximate surface area is 83.8 Å². The number of hydrogen-bond acceptors (Lipinski definition) is 3. The normalized spacial score (nSPS) is 18.4. The van der Waals surface area contributed by atoms with Crippen molar-refractivity contribution >= 4 is 0 Å². The zero-order valence-corrected chi connectivity index (χ0v) is 8.29. The number of H-pyrrole nitrogens is 1. The number of nitrogens with one attached hydrogen (secondary N) is 2. The van der Waals surface area contributed by atoms with Crippen molar-refractivity contribution in [3.8, 4) is 0 Å². The van der Waals surface area contributed by atoms with E-state index in [2.05, 4.69) is 15.3 Å². The Bertz CT molecular complexity index is 267. The van der Waals surface area contributed by atoms with Crippen molar-refractivity contribution in [1.29, 1.82) is 0 Å². The van der Waals surface area contributed by atoms with Crippen LogP contribution >= 0.6 is 0 Å². The Morgan fingerprint density at radius 1 is 1.57 bits per heavy atom. The third-order valence-electron chi connectivity index (χ3n) is 2.95. The Balaban J connectivity index is 1.68. The minimum Gasteiger partial charge on any atom is -0.396 e. The van der Waals surface area contributed by atoms with E-state index in [4.69, 9.17) is 5.11 Å². The molecule has 1 aliphatic rings. The van der Waals surface area contributed by atoms with E-state index >= 15 is 0 Å². The molecule has 0 amide bonds. The standard InChI is InChI=1S/C10H17N3O/c14-6-3-10(1-2-10)8-11-7-9-12-4-5-13-9/h4-5,11,14H,1-3,6-8H2,(H,12,13). The lowest BCUT2D eigenvalue weighted by Crippen LogP contribution is -2.24. The molecular formula is C10H17N3O. The third-order valence-corrected chi connectivity index (χ3v) is 2.95. The summed E-state index contributed by atoms with van der Waals surface area (Å²) in [5, 5.41) is 12.2. The molecule has 0 spiro atoms. The van der Waals surface area contributed by atoms with Gasteiger partial charge in [-0.2, -0.15) is 0 Å². The molecule has 0 bridgehead atoms. The van der Waals surface area contributed by atoms with Gasteiger partial charge in [-0.05, 0) is 24.7 Å². The Morgan fingerprint density at radius 3 is 3.00 bits per heavy atom. The maximum Gasteiger partial charge on any atom is 0.120 e. The van der Waals surface area contributed by atoms with Crippen molar-refractivity contribution in [3.05, 3.63) is 18.2 Å². The molecule has 3 N–H and O–H groups in total. The molecule has 1 aliphatic carbocycles. The highest BCUT2D eigenvalue weighted by Crippen LogP contribution is 2.47. The number of imidazole rings is 1. The molecule has 0 radical (unpaired) electrons. The molecule has 0 aromatic carbocycles. The van der Waals surface area contributed by atoms with E-state index in [9.17, 15) is 0 Å². The molecule has 1 saturated carbocycles. The van der Waals surface area contributed by atoms with E-state index in [1.807, 2.05) is 6.20 Å². The zero-order chi connectivity index (χ0) is 9.86. The molecule has 1 aromatic rings. The van der Waals surface area contributed by atoms with Gasteiger partial charge < -0.3 is 15.4 Å². The third kappa shape index (κ3) is 2.33. The summed E-state index contributed by atoms with van der Waals surface area (Å²) >= 11 is 0. The SMILES string of the molecule is OCCC1(CNCc2ncc[nH]2)CC1. The number of aromatic nitrogens is 2. The van der Waals surface area contributed by atoms with Gasteiger partial charge in [0.25, 0.3) is 0 Å².